The summed E-state index contributed by atoms with van der Waals surface area (Å²) in [6.45, 7) is -0.148. The fourth-order valence-corrected chi connectivity index (χ4v) is 3.16. The molecule has 2 heterocycles. The average molecular weight is 405 g/mol. The maximum absolute atomic E-state index is 12.3. The standard InChI is InChI=1S/C21H15N3O4S/c25-19(17-10-5-11-29-17)22-16-9-4-8-15(12-16)21(26)27-13-18-23-24-20(28-18)14-6-2-1-3-7-14/h1-12H,13H2,(H,22,25). The van der Waals surface area contributed by atoms with Gasteiger partial charge in [-0.15, -0.1) is 21.5 Å². The first-order valence-corrected chi connectivity index (χ1v) is 9.57. The Morgan fingerprint density at radius 2 is 1.86 bits per heavy atom. The largest absolute Gasteiger partial charge is 0.452 e. The van der Waals surface area contributed by atoms with Gasteiger partial charge in [0.2, 0.25) is 5.89 Å². The van der Waals surface area contributed by atoms with E-state index in [2.05, 4.69) is 15.5 Å². The van der Waals surface area contributed by atoms with E-state index in [4.69, 9.17) is 9.15 Å². The highest BCUT2D eigenvalue weighted by Gasteiger charge is 2.14. The molecule has 2 aromatic heterocycles. The number of esters is 1. The molecule has 1 amide bonds. The first-order chi connectivity index (χ1) is 14.2. The van der Waals surface area contributed by atoms with Crippen LogP contribution >= 0.6 is 11.3 Å². The number of thiophene rings is 1. The minimum atomic E-state index is -0.559. The smallest absolute Gasteiger partial charge is 0.338 e. The molecular formula is C21H15N3O4S. The van der Waals surface area contributed by atoms with Gasteiger partial charge in [0.25, 0.3) is 11.8 Å². The van der Waals surface area contributed by atoms with Crippen LogP contribution in [0.5, 0.6) is 0 Å². The number of carbonyl (C=O) groups excluding carboxylic acids is 2. The van der Waals surface area contributed by atoms with Crippen molar-refractivity contribution in [2.45, 2.75) is 6.61 Å². The second-order valence-corrected chi connectivity index (χ2v) is 6.90. The van der Waals surface area contributed by atoms with Crippen molar-refractivity contribution in [3.8, 4) is 11.5 Å². The molecule has 2 aromatic carbocycles. The lowest BCUT2D eigenvalue weighted by Gasteiger charge is -2.06. The third-order valence-corrected chi connectivity index (χ3v) is 4.78. The van der Waals surface area contributed by atoms with Crippen LogP contribution in [0.2, 0.25) is 0 Å². The lowest BCUT2D eigenvalue weighted by atomic mass is 10.2. The SMILES string of the molecule is O=C(OCc1nnc(-c2ccccc2)o1)c1cccc(NC(=O)c2cccs2)c1. The molecule has 29 heavy (non-hydrogen) atoms. The Morgan fingerprint density at radius 1 is 1.00 bits per heavy atom. The fraction of sp³-hybridized carbons (Fsp3) is 0.0476. The molecule has 4 aromatic rings. The monoisotopic (exact) mass is 405 g/mol. The molecule has 144 valence electrons. The van der Waals surface area contributed by atoms with Crippen LogP contribution in [0, 0.1) is 0 Å². The van der Waals surface area contributed by atoms with Crippen molar-refractivity contribution >= 4 is 28.9 Å². The molecule has 7 nitrogen and oxygen atoms in total. The summed E-state index contributed by atoms with van der Waals surface area (Å²) >= 11 is 1.34. The Kier molecular flexibility index (Phi) is 5.44. The highest BCUT2D eigenvalue weighted by atomic mass is 32.1. The normalized spacial score (nSPS) is 10.5. The second kappa shape index (κ2) is 8.49. The van der Waals surface area contributed by atoms with Gasteiger partial charge in [0.15, 0.2) is 6.61 Å². The lowest BCUT2D eigenvalue weighted by Crippen LogP contribution is -2.11. The highest BCUT2D eigenvalue weighted by molar-refractivity contribution is 7.12. The number of benzene rings is 2. The van der Waals surface area contributed by atoms with Crippen LogP contribution in [-0.2, 0) is 11.3 Å². The number of amides is 1. The predicted octanol–water partition coefficient (Wildman–Crippen LogP) is 4.41. The Labute approximate surface area is 170 Å². The van der Waals surface area contributed by atoms with Gasteiger partial charge in [0, 0.05) is 11.3 Å². The van der Waals surface area contributed by atoms with E-state index >= 15 is 0 Å². The van der Waals surface area contributed by atoms with Gasteiger partial charge in [0.05, 0.1) is 10.4 Å². The first kappa shape index (κ1) is 18.6. The Hall–Kier alpha value is -3.78. The van der Waals surface area contributed by atoms with E-state index in [0.29, 0.717) is 22.0 Å². The van der Waals surface area contributed by atoms with Gasteiger partial charge in [-0.2, -0.15) is 0 Å². The zero-order valence-electron chi connectivity index (χ0n) is 15.1. The van der Waals surface area contributed by atoms with Crippen LogP contribution in [0.4, 0.5) is 5.69 Å². The molecule has 0 unspecified atom stereocenters. The molecule has 4 rings (SSSR count). The number of rotatable bonds is 6. The van der Waals surface area contributed by atoms with Gasteiger partial charge < -0.3 is 14.5 Å². The third-order valence-electron chi connectivity index (χ3n) is 3.92. The topological polar surface area (TPSA) is 94.3 Å². The molecule has 8 heteroatoms. The van der Waals surface area contributed by atoms with Crippen LogP contribution in [0.25, 0.3) is 11.5 Å². The van der Waals surface area contributed by atoms with Gasteiger partial charge in [-0.25, -0.2) is 4.79 Å². The molecule has 0 aliphatic carbocycles. The molecule has 1 N–H and O–H groups in total. The molecule has 0 aliphatic rings. The summed E-state index contributed by atoms with van der Waals surface area (Å²) in [6.07, 6.45) is 0. The van der Waals surface area contributed by atoms with Crippen LogP contribution < -0.4 is 5.32 Å². The highest BCUT2D eigenvalue weighted by Crippen LogP contribution is 2.18. The Balaban J connectivity index is 1.38. The summed E-state index contributed by atoms with van der Waals surface area (Å²) in [6, 6.07) is 19.4. The minimum absolute atomic E-state index is 0.148. The van der Waals surface area contributed by atoms with E-state index < -0.39 is 5.97 Å². The molecule has 0 saturated heterocycles. The fourth-order valence-electron chi connectivity index (χ4n) is 2.54. The average Bonchev–Trinajstić information content (AvgIpc) is 3.45. The van der Waals surface area contributed by atoms with Crippen LogP contribution in [-0.4, -0.2) is 22.1 Å². The van der Waals surface area contributed by atoms with E-state index in [1.54, 1.807) is 36.4 Å². The van der Waals surface area contributed by atoms with E-state index in [1.165, 1.54) is 11.3 Å². The summed E-state index contributed by atoms with van der Waals surface area (Å²) in [5.74, 6) is -0.240. The molecule has 0 spiro atoms. The van der Waals surface area contributed by atoms with Crippen molar-refractivity contribution in [3.63, 3.8) is 0 Å². The van der Waals surface area contributed by atoms with Gasteiger partial charge in [0.1, 0.15) is 0 Å². The second-order valence-electron chi connectivity index (χ2n) is 5.96. The minimum Gasteiger partial charge on any atom is -0.452 e. The Bertz CT molecular complexity index is 1120. The van der Waals surface area contributed by atoms with Crippen molar-refractivity contribution in [2.75, 3.05) is 5.32 Å². The maximum Gasteiger partial charge on any atom is 0.338 e. The summed E-state index contributed by atoms with van der Waals surface area (Å²) in [5.41, 5.74) is 1.59. The van der Waals surface area contributed by atoms with Crippen molar-refractivity contribution < 1.29 is 18.7 Å². The van der Waals surface area contributed by atoms with E-state index in [9.17, 15) is 9.59 Å². The number of nitrogens with zero attached hydrogens (tertiary/aromatic N) is 2. The van der Waals surface area contributed by atoms with Gasteiger partial charge in [-0.05, 0) is 41.8 Å². The van der Waals surface area contributed by atoms with Crippen molar-refractivity contribution in [3.05, 3.63) is 88.4 Å². The lowest BCUT2D eigenvalue weighted by molar-refractivity contribution is 0.0438. The van der Waals surface area contributed by atoms with Gasteiger partial charge in [-0.1, -0.05) is 30.3 Å². The van der Waals surface area contributed by atoms with E-state index in [-0.39, 0.29) is 18.4 Å². The molecule has 0 aliphatic heterocycles. The van der Waals surface area contributed by atoms with E-state index in [0.717, 1.165) is 5.56 Å². The number of ether oxygens (including phenoxy) is 1. The summed E-state index contributed by atoms with van der Waals surface area (Å²) in [4.78, 5) is 25.1. The van der Waals surface area contributed by atoms with Gasteiger partial charge in [-0.3, -0.25) is 4.79 Å². The van der Waals surface area contributed by atoms with Gasteiger partial charge >= 0.3 is 5.97 Å². The number of carbonyl (C=O) groups is 2. The first-order valence-electron chi connectivity index (χ1n) is 8.69. The molecule has 0 saturated carbocycles. The number of anilines is 1. The van der Waals surface area contributed by atoms with Crippen LogP contribution in [0.15, 0.2) is 76.5 Å². The Morgan fingerprint density at radius 3 is 2.66 bits per heavy atom. The van der Waals surface area contributed by atoms with Crippen molar-refractivity contribution in [1.82, 2.24) is 10.2 Å². The zero-order chi connectivity index (χ0) is 20.1. The van der Waals surface area contributed by atoms with Crippen molar-refractivity contribution in [1.29, 1.82) is 0 Å². The number of aromatic nitrogens is 2. The summed E-state index contributed by atoms with van der Waals surface area (Å²) in [5, 5.41) is 12.4. The molecule has 0 atom stereocenters. The molecule has 0 radical (unpaired) electrons. The number of nitrogens with one attached hydrogen (secondary N) is 1. The predicted molar refractivity (Wildman–Crippen MR) is 108 cm³/mol. The third kappa shape index (κ3) is 4.56. The number of hydrogen-bond donors (Lipinski definition) is 1. The maximum atomic E-state index is 12.3. The molecular weight excluding hydrogens is 390 g/mol. The van der Waals surface area contributed by atoms with Crippen LogP contribution in [0.3, 0.4) is 0 Å². The quantitative estimate of drug-likeness (QED) is 0.478. The summed E-state index contributed by atoms with van der Waals surface area (Å²) < 4.78 is 10.8. The number of hydrogen-bond acceptors (Lipinski definition) is 7. The van der Waals surface area contributed by atoms with E-state index in [1.807, 2.05) is 35.7 Å². The molecule has 0 fully saturated rings. The van der Waals surface area contributed by atoms with Crippen molar-refractivity contribution in [2.24, 2.45) is 0 Å². The zero-order valence-corrected chi connectivity index (χ0v) is 15.9. The summed E-state index contributed by atoms with van der Waals surface area (Å²) in [7, 11) is 0. The molecule has 0 bridgehead atoms. The van der Waals surface area contributed by atoms with Crippen LogP contribution in [0.1, 0.15) is 25.9 Å².